The number of thiophene rings is 1. The summed E-state index contributed by atoms with van der Waals surface area (Å²) in [5.74, 6) is 12.9. The predicted octanol–water partition coefficient (Wildman–Crippen LogP) is 4.15. The van der Waals surface area contributed by atoms with Crippen LogP contribution >= 0.6 is 11.3 Å². The van der Waals surface area contributed by atoms with E-state index >= 15 is 0 Å². The van der Waals surface area contributed by atoms with Crippen LogP contribution in [0.3, 0.4) is 0 Å². The van der Waals surface area contributed by atoms with Crippen molar-refractivity contribution in [3.05, 3.63) is 68.7 Å². The van der Waals surface area contributed by atoms with Gasteiger partial charge in [0, 0.05) is 11.1 Å². The molecule has 0 nitrogen and oxygen atoms in total. The van der Waals surface area contributed by atoms with E-state index in [2.05, 4.69) is 72.2 Å². The van der Waals surface area contributed by atoms with Crippen LogP contribution in [0.1, 0.15) is 25.0 Å². The Labute approximate surface area is 151 Å². The van der Waals surface area contributed by atoms with Gasteiger partial charge in [0.25, 0.3) is 0 Å². The molecule has 0 bridgehead atoms. The van der Waals surface area contributed by atoms with Crippen LogP contribution < -0.4 is 9.06 Å². The summed E-state index contributed by atoms with van der Waals surface area (Å²) in [6, 6.07) is 17.2. The molecule has 2 aliphatic rings. The molecule has 1 heteroatoms. The number of fused-ring (bicyclic) bond motifs is 7. The highest BCUT2D eigenvalue weighted by molar-refractivity contribution is 7.09. The second-order valence-corrected chi connectivity index (χ2v) is 7.12. The van der Waals surface area contributed by atoms with Gasteiger partial charge in [-0.25, -0.2) is 0 Å². The summed E-state index contributed by atoms with van der Waals surface area (Å²) in [4.78, 5) is 0. The fraction of sp³-hybridized carbons (Fsp3) is 0.0833. The lowest BCUT2D eigenvalue weighted by atomic mass is 9.97. The van der Waals surface area contributed by atoms with Crippen molar-refractivity contribution in [2.75, 3.05) is 0 Å². The van der Waals surface area contributed by atoms with Crippen LogP contribution in [0.25, 0.3) is 33.4 Å². The highest BCUT2D eigenvalue weighted by atomic mass is 32.1. The largest absolute Gasteiger partial charge is 0.132 e. The van der Waals surface area contributed by atoms with E-state index < -0.39 is 0 Å². The van der Waals surface area contributed by atoms with Gasteiger partial charge in [0.15, 0.2) is 0 Å². The van der Waals surface area contributed by atoms with Gasteiger partial charge in [0.05, 0.1) is 20.2 Å². The van der Waals surface area contributed by atoms with Crippen LogP contribution in [-0.4, -0.2) is 0 Å². The van der Waals surface area contributed by atoms with Crippen molar-refractivity contribution in [3.63, 3.8) is 0 Å². The molecule has 0 N–H and O–H groups in total. The minimum Gasteiger partial charge on any atom is -0.132 e. The normalized spacial score (nSPS) is 12.4. The summed E-state index contributed by atoms with van der Waals surface area (Å²) in [7, 11) is 0. The SMILES string of the molecule is CC#CC1=c2sc3c(c2-c2ccccc21)-c1ccccc1C=3C#CC. The Morgan fingerprint density at radius 3 is 1.40 bits per heavy atom. The van der Waals surface area contributed by atoms with Gasteiger partial charge < -0.3 is 0 Å². The summed E-state index contributed by atoms with van der Waals surface area (Å²) in [6.07, 6.45) is 0. The Kier molecular flexibility index (Phi) is 3.01. The van der Waals surface area contributed by atoms with Crippen LogP contribution in [0.4, 0.5) is 0 Å². The Morgan fingerprint density at radius 2 is 1.00 bits per heavy atom. The Hall–Kier alpha value is -3.00. The van der Waals surface area contributed by atoms with Gasteiger partial charge in [0.1, 0.15) is 0 Å². The third-order valence-electron chi connectivity index (χ3n) is 4.79. The second kappa shape index (κ2) is 5.25. The van der Waals surface area contributed by atoms with Gasteiger partial charge in [-0.15, -0.1) is 23.2 Å². The van der Waals surface area contributed by atoms with Gasteiger partial charge >= 0.3 is 0 Å². The minimum atomic E-state index is 1.16. The third-order valence-corrected chi connectivity index (χ3v) is 6.02. The van der Waals surface area contributed by atoms with Crippen molar-refractivity contribution in [3.8, 4) is 45.9 Å². The van der Waals surface area contributed by atoms with Gasteiger partial charge in [-0.2, -0.15) is 0 Å². The molecular formula is C24H14S. The lowest BCUT2D eigenvalue weighted by Crippen LogP contribution is -1.99. The molecule has 0 fully saturated rings. The van der Waals surface area contributed by atoms with E-state index in [-0.39, 0.29) is 0 Å². The first-order valence-corrected chi connectivity index (χ1v) is 9.13. The number of benzene rings is 2. The smallest absolute Gasteiger partial charge is 0.0525 e. The molecule has 0 unspecified atom stereocenters. The molecule has 1 aromatic heterocycles. The lowest BCUT2D eigenvalue weighted by molar-refractivity contribution is 1.62. The molecule has 3 aromatic rings. The molecule has 0 aliphatic heterocycles. The molecule has 25 heavy (non-hydrogen) atoms. The Balaban J connectivity index is 2.02. The fourth-order valence-corrected chi connectivity index (χ4v) is 5.24. The maximum atomic E-state index is 3.35. The molecule has 0 saturated carbocycles. The zero-order valence-corrected chi connectivity index (χ0v) is 14.8. The molecule has 0 radical (unpaired) electrons. The molecule has 2 aliphatic carbocycles. The van der Waals surface area contributed by atoms with E-state index in [9.17, 15) is 0 Å². The molecule has 2 aromatic carbocycles. The summed E-state index contributed by atoms with van der Waals surface area (Å²) >= 11 is 1.84. The van der Waals surface area contributed by atoms with Crippen LogP contribution in [-0.2, 0) is 0 Å². The molecule has 116 valence electrons. The zero-order valence-electron chi connectivity index (χ0n) is 14.0. The van der Waals surface area contributed by atoms with E-state index in [1.807, 2.05) is 25.2 Å². The Bertz CT molecular complexity index is 1210. The van der Waals surface area contributed by atoms with Gasteiger partial charge in [-0.1, -0.05) is 60.4 Å². The standard InChI is InChI=1S/C24H14S/c1-3-9-19-15-11-5-7-13-17(15)21-22-18-14-8-6-12-16(18)20(10-4-2)24(22)25-23(19)21/h5-8,11-14H,1-2H3. The summed E-state index contributed by atoms with van der Waals surface area (Å²) in [6.45, 7) is 3.81. The highest BCUT2D eigenvalue weighted by Gasteiger charge is 2.30. The molecule has 0 atom stereocenters. The monoisotopic (exact) mass is 334 g/mol. The first kappa shape index (κ1) is 14.4. The molecule has 1 heterocycles. The zero-order chi connectivity index (χ0) is 17.0. The van der Waals surface area contributed by atoms with Gasteiger partial charge in [-0.3, -0.25) is 0 Å². The van der Waals surface area contributed by atoms with E-state index in [0.717, 1.165) is 11.1 Å². The number of rotatable bonds is 0. The van der Waals surface area contributed by atoms with E-state index in [0.29, 0.717) is 0 Å². The van der Waals surface area contributed by atoms with Crippen molar-refractivity contribution in [1.82, 2.24) is 0 Å². The first-order chi connectivity index (χ1) is 12.3. The van der Waals surface area contributed by atoms with Gasteiger partial charge in [-0.05, 0) is 36.1 Å². The Morgan fingerprint density at radius 1 is 0.600 bits per heavy atom. The van der Waals surface area contributed by atoms with E-state index in [4.69, 9.17) is 0 Å². The maximum Gasteiger partial charge on any atom is 0.0525 e. The van der Waals surface area contributed by atoms with E-state index in [1.54, 1.807) is 0 Å². The molecule has 5 rings (SSSR count). The predicted molar refractivity (Wildman–Crippen MR) is 106 cm³/mol. The van der Waals surface area contributed by atoms with Crippen molar-refractivity contribution in [2.24, 2.45) is 0 Å². The molecule has 0 spiro atoms. The summed E-state index contributed by atoms with van der Waals surface area (Å²) < 4.78 is 2.59. The van der Waals surface area contributed by atoms with Gasteiger partial charge in [0.2, 0.25) is 0 Å². The molecular weight excluding hydrogens is 320 g/mol. The second-order valence-electron chi connectivity index (χ2n) is 6.10. The lowest BCUT2D eigenvalue weighted by Gasteiger charge is -2.05. The third kappa shape index (κ3) is 1.79. The number of hydrogen-bond acceptors (Lipinski definition) is 1. The fourth-order valence-electron chi connectivity index (χ4n) is 3.88. The van der Waals surface area contributed by atoms with Crippen molar-refractivity contribution in [2.45, 2.75) is 13.8 Å². The average molecular weight is 334 g/mol. The van der Waals surface area contributed by atoms with Crippen molar-refractivity contribution in [1.29, 1.82) is 0 Å². The highest BCUT2D eigenvalue weighted by Crippen LogP contribution is 2.42. The molecule has 0 saturated heterocycles. The van der Waals surface area contributed by atoms with Crippen molar-refractivity contribution < 1.29 is 0 Å². The topological polar surface area (TPSA) is 0 Å². The first-order valence-electron chi connectivity index (χ1n) is 8.31. The van der Waals surface area contributed by atoms with Crippen LogP contribution in [0.5, 0.6) is 0 Å². The molecule has 0 amide bonds. The van der Waals surface area contributed by atoms with Crippen LogP contribution in [0.2, 0.25) is 0 Å². The summed E-state index contributed by atoms with van der Waals surface area (Å²) in [5.41, 5.74) is 10.1. The van der Waals surface area contributed by atoms with Crippen LogP contribution in [0, 0.1) is 23.7 Å². The van der Waals surface area contributed by atoms with Crippen LogP contribution in [0.15, 0.2) is 48.5 Å². The minimum absolute atomic E-state index is 1.16. The van der Waals surface area contributed by atoms with E-state index in [1.165, 1.54) is 42.4 Å². The summed E-state index contributed by atoms with van der Waals surface area (Å²) in [5, 5.41) is 0. The van der Waals surface area contributed by atoms with Crippen molar-refractivity contribution >= 4 is 22.5 Å². The average Bonchev–Trinajstić information content (AvgIpc) is 3.25. The number of hydrogen-bond donors (Lipinski definition) is 0. The maximum absolute atomic E-state index is 3.35. The quantitative estimate of drug-likeness (QED) is 0.542.